The van der Waals surface area contributed by atoms with Gasteiger partial charge in [0, 0.05) is 0 Å². The summed E-state index contributed by atoms with van der Waals surface area (Å²) < 4.78 is 0. The van der Waals surface area contributed by atoms with Crippen LogP contribution in [-0.4, -0.2) is 24.4 Å². The van der Waals surface area contributed by atoms with Gasteiger partial charge in [0.1, 0.15) is 6.23 Å². The molecule has 60 valence electrons. The molecule has 1 fully saturated rings. The molecule has 2 unspecified atom stereocenters. The molecule has 0 saturated carbocycles. The molecule has 1 saturated heterocycles. The molecule has 0 radical (unpaired) electrons. The first-order valence-corrected chi connectivity index (χ1v) is 3.93. The van der Waals surface area contributed by atoms with Crippen molar-refractivity contribution in [3.05, 3.63) is 0 Å². The van der Waals surface area contributed by atoms with Gasteiger partial charge in [-0.2, -0.15) is 0 Å². The van der Waals surface area contributed by atoms with Crippen LogP contribution in [0.25, 0.3) is 0 Å². The molecule has 0 aromatic rings. The molecular weight excluding hydrogens is 128 g/mol. The largest absolute Gasteiger partial charge is 0.379 e. The molecule has 0 spiro atoms. The molecular formula is C7H16N2O. The molecule has 0 bridgehead atoms. The summed E-state index contributed by atoms with van der Waals surface area (Å²) in [6.07, 6.45) is 2.43. The van der Waals surface area contributed by atoms with E-state index < -0.39 is 6.23 Å². The van der Waals surface area contributed by atoms with E-state index in [2.05, 4.69) is 5.32 Å². The SMILES string of the molecule is NC(O)CCC1CCNC1. The summed E-state index contributed by atoms with van der Waals surface area (Å²) in [4.78, 5) is 0. The summed E-state index contributed by atoms with van der Waals surface area (Å²) in [6.45, 7) is 2.23. The van der Waals surface area contributed by atoms with E-state index in [4.69, 9.17) is 10.8 Å². The highest BCUT2D eigenvalue weighted by atomic mass is 16.3. The molecule has 3 heteroatoms. The Morgan fingerprint density at radius 2 is 2.50 bits per heavy atom. The Balaban J connectivity index is 2.01. The molecule has 1 rings (SSSR count). The maximum absolute atomic E-state index is 8.77. The van der Waals surface area contributed by atoms with Crippen LogP contribution in [0.1, 0.15) is 19.3 Å². The average molecular weight is 144 g/mol. The van der Waals surface area contributed by atoms with E-state index in [0.717, 1.165) is 31.8 Å². The summed E-state index contributed by atoms with van der Waals surface area (Å²) >= 11 is 0. The van der Waals surface area contributed by atoms with Crippen LogP contribution < -0.4 is 11.1 Å². The van der Waals surface area contributed by atoms with Crippen molar-refractivity contribution in [1.82, 2.24) is 5.32 Å². The van der Waals surface area contributed by atoms with E-state index in [-0.39, 0.29) is 0 Å². The molecule has 0 aromatic carbocycles. The monoisotopic (exact) mass is 144 g/mol. The zero-order chi connectivity index (χ0) is 7.40. The molecule has 1 aliphatic rings. The zero-order valence-corrected chi connectivity index (χ0v) is 6.21. The van der Waals surface area contributed by atoms with Gasteiger partial charge in [0.2, 0.25) is 0 Å². The van der Waals surface area contributed by atoms with Crippen molar-refractivity contribution in [3.63, 3.8) is 0 Å². The molecule has 1 aliphatic heterocycles. The number of nitrogens with one attached hydrogen (secondary N) is 1. The topological polar surface area (TPSA) is 58.3 Å². The van der Waals surface area contributed by atoms with Crippen LogP contribution in [0.2, 0.25) is 0 Å². The second-order valence-electron chi connectivity index (χ2n) is 3.00. The second-order valence-corrected chi connectivity index (χ2v) is 3.00. The summed E-state index contributed by atoms with van der Waals surface area (Å²) in [5.41, 5.74) is 5.21. The first kappa shape index (κ1) is 7.98. The predicted molar refractivity (Wildman–Crippen MR) is 40.4 cm³/mol. The third kappa shape index (κ3) is 2.64. The van der Waals surface area contributed by atoms with Crippen molar-refractivity contribution in [1.29, 1.82) is 0 Å². The molecule has 10 heavy (non-hydrogen) atoms. The maximum atomic E-state index is 8.77. The maximum Gasteiger partial charge on any atom is 0.102 e. The first-order chi connectivity index (χ1) is 4.79. The molecule has 0 aromatic heterocycles. The van der Waals surface area contributed by atoms with Crippen LogP contribution in [0.4, 0.5) is 0 Å². The molecule has 1 heterocycles. The van der Waals surface area contributed by atoms with Gasteiger partial charge in [0.15, 0.2) is 0 Å². The van der Waals surface area contributed by atoms with Crippen molar-refractivity contribution in [2.75, 3.05) is 13.1 Å². The Kier molecular flexibility index (Phi) is 3.12. The number of hydrogen-bond donors (Lipinski definition) is 3. The fraction of sp³-hybridized carbons (Fsp3) is 1.00. The average Bonchev–Trinajstić information content (AvgIpc) is 2.34. The van der Waals surface area contributed by atoms with Gasteiger partial charge in [0.05, 0.1) is 0 Å². The van der Waals surface area contributed by atoms with Crippen molar-refractivity contribution in [3.8, 4) is 0 Å². The molecule has 2 atom stereocenters. The highest BCUT2D eigenvalue weighted by Gasteiger charge is 2.14. The molecule has 0 amide bonds. The predicted octanol–water partition coefficient (Wildman–Crippen LogP) is -0.347. The van der Waals surface area contributed by atoms with Crippen molar-refractivity contribution >= 4 is 0 Å². The van der Waals surface area contributed by atoms with Gasteiger partial charge in [0.25, 0.3) is 0 Å². The quantitative estimate of drug-likeness (QED) is 0.475. The van der Waals surface area contributed by atoms with Gasteiger partial charge in [-0.1, -0.05) is 0 Å². The Hall–Kier alpha value is -0.120. The number of aliphatic hydroxyl groups is 1. The number of aliphatic hydroxyl groups excluding tert-OH is 1. The Morgan fingerprint density at radius 3 is 3.00 bits per heavy atom. The van der Waals surface area contributed by atoms with Crippen LogP contribution in [-0.2, 0) is 0 Å². The zero-order valence-electron chi connectivity index (χ0n) is 6.21. The van der Waals surface area contributed by atoms with Crippen LogP contribution in [0.5, 0.6) is 0 Å². The Bertz CT molecular complexity index is 89.6. The van der Waals surface area contributed by atoms with Crippen molar-refractivity contribution in [2.45, 2.75) is 25.5 Å². The molecule has 3 nitrogen and oxygen atoms in total. The lowest BCUT2D eigenvalue weighted by atomic mass is 10.0. The van der Waals surface area contributed by atoms with Gasteiger partial charge in [-0.25, -0.2) is 0 Å². The molecule has 0 aliphatic carbocycles. The third-order valence-corrected chi connectivity index (χ3v) is 2.03. The lowest BCUT2D eigenvalue weighted by molar-refractivity contribution is 0.163. The minimum absolute atomic E-state index is 0.611. The fourth-order valence-corrected chi connectivity index (χ4v) is 1.37. The summed E-state index contributed by atoms with van der Waals surface area (Å²) in [5.74, 6) is 0.748. The standard InChI is InChI=1S/C7H16N2O/c8-7(10)2-1-6-3-4-9-5-6/h6-7,9-10H,1-5,8H2. The third-order valence-electron chi connectivity index (χ3n) is 2.03. The number of hydrogen-bond acceptors (Lipinski definition) is 3. The van der Waals surface area contributed by atoms with E-state index in [0.29, 0.717) is 0 Å². The van der Waals surface area contributed by atoms with Gasteiger partial charge in [-0.15, -0.1) is 0 Å². The van der Waals surface area contributed by atoms with Crippen LogP contribution in [0.3, 0.4) is 0 Å². The van der Waals surface area contributed by atoms with Crippen molar-refractivity contribution in [2.24, 2.45) is 11.7 Å². The normalized spacial score (nSPS) is 28.8. The van der Waals surface area contributed by atoms with Gasteiger partial charge < -0.3 is 16.2 Å². The lowest BCUT2D eigenvalue weighted by Gasteiger charge is -2.08. The van der Waals surface area contributed by atoms with Crippen molar-refractivity contribution < 1.29 is 5.11 Å². The van der Waals surface area contributed by atoms with E-state index in [1.807, 2.05) is 0 Å². The van der Waals surface area contributed by atoms with Crippen LogP contribution >= 0.6 is 0 Å². The summed E-state index contributed by atoms with van der Waals surface area (Å²) in [7, 11) is 0. The van der Waals surface area contributed by atoms with E-state index in [1.165, 1.54) is 6.42 Å². The highest BCUT2D eigenvalue weighted by Crippen LogP contribution is 2.14. The van der Waals surface area contributed by atoms with Gasteiger partial charge >= 0.3 is 0 Å². The summed E-state index contributed by atoms with van der Waals surface area (Å²) in [5, 5.41) is 12.0. The van der Waals surface area contributed by atoms with E-state index in [1.54, 1.807) is 0 Å². The first-order valence-electron chi connectivity index (χ1n) is 3.93. The smallest absolute Gasteiger partial charge is 0.102 e. The second kappa shape index (κ2) is 3.91. The fourth-order valence-electron chi connectivity index (χ4n) is 1.37. The van der Waals surface area contributed by atoms with Gasteiger partial charge in [-0.05, 0) is 38.3 Å². The minimum atomic E-state index is -0.611. The van der Waals surface area contributed by atoms with Crippen LogP contribution in [0, 0.1) is 5.92 Å². The number of nitrogens with two attached hydrogens (primary N) is 1. The minimum Gasteiger partial charge on any atom is -0.379 e. The van der Waals surface area contributed by atoms with Gasteiger partial charge in [-0.3, -0.25) is 0 Å². The van der Waals surface area contributed by atoms with E-state index in [9.17, 15) is 0 Å². The summed E-state index contributed by atoms with van der Waals surface area (Å²) in [6, 6.07) is 0. The Morgan fingerprint density at radius 1 is 1.70 bits per heavy atom. The van der Waals surface area contributed by atoms with E-state index >= 15 is 0 Å². The lowest BCUT2D eigenvalue weighted by Crippen LogP contribution is -2.20. The number of rotatable bonds is 3. The molecule has 4 N–H and O–H groups in total. The Labute approximate surface area is 61.6 Å². The highest BCUT2D eigenvalue weighted by molar-refractivity contribution is 4.71. The van der Waals surface area contributed by atoms with Crippen LogP contribution in [0.15, 0.2) is 0 Å².